The van der Waals surface area contributed by atoms with E-state index in [1.54, 1.807) is 24.3 Å². The summed E-state index contributed by atoms with van der Waals surface area (Å²) >= 11 is 0. The van der Waals surface area contributed by atoms with Gasteiger partial charge < -0.3 is 5.11 Å². The summed E-state index contributed by atoms with van der Waals surface area (Å²) in [5, 5.41) is 9.07. The Morgan fingerprint density at radius 3 is 2.50 bits per heavy atom. The van der Waals surface area contributed by atoms with Crippen LogP contribution in [-0.2, 0) is 0 Å². The summed E-state index contributed by atoms with van der Waals surface area (Å²) in [7, 11) is 0. The number of carboxylic acid groups (broad SMARTS) is 1. The maximum absolute atomic E-state index is 13.3. The lowest BCUT2D eigenvalue weighted by Gasteiger charge is -2.08. The Bertz CT molecular complexity index is 620. The molecule has 0 aliphatic heterocycles. The molecule has 18 heavy (non-hydrogen) atoms. The molecule has 0 unspecified atom stereocenters. The van der Waals surface area contributed by atoms with E-state index in [0.717, 1.165) is 12.1 Å². The van der Waals surface area contributed by atoms with Crippen LogP contribution in [0.4, 0.5) is 4.39 Å². The van der Waals surface area contributed by atoms with Crippen LogP contribution in [0.5, 0.6) is 0 Å². The maximum Gasteiger partial charge on any atom is 0.336 e. The molecular weight excluding hydrogens is 235 g/mol. The summed E-state index contributed by atoms with van der Waals surface area (Å²) < 4.78 is 13.3. The number of carbonyl (C=O) groups excluding carboxylic acids is 1. The Labute approximate surface area is 103 Å². The Morgan fingerprint density at radius 1 is 1.11 bits per heavy atom. The number of hydrogen-bond acceptors (Lipinski definition) is 2. The highest BCUT2D eigenvalue weighted by atomic mass is 19.1. The molecule has 4 heteroatoms. The van der Waals surface area contributed by atoms with Crippen molar-refractivity contribution in [3.63, 3.8) is 0 Å². The average molecular weight is 244 g/mol. The van der Waals surface area contributed by atoms with Gasteiger partial charge in [0.1, 0.15) is 5.82 Å². The maximum atomic E-state index is 13.3. The largest absolute Gasteiger partial charge is 0.478 e. The van der Waals surface area contributed by atoms with Crippen LogP contribution in [0.1, 0.15) is 20.7 Å². The number of carbonyl (C=O) groups is 2. The van der Waals surface area contributed by atoms with Crippen molar-refractivity contribution >= 4 is 12.3 Å². The number of aromatic carboxylic acids is 1. The van der Waals surface area contributed by atoms with Crippen LogP contribution >= 0.6 is 0 Å². The fourth-order valence-electron chi connectivity index (χ4n) is 1.77. The van der Waals surface area contributed by atoms with Gasteiger partial charge in [0.15, 0.2) is 6.29 Å². The van der Waals surface area contributed by atoms with Crippen LogP contribution in [0.25, 0.3) is 11.1 Å². The van der Waals surface area contributed by atoms with Crippen molar-refractivity contribution in [3.05, 3.63) is 59.4 Å². The number of halogens is 1. The highest BCUT2D eigenvalue weighted by Crippen LogP contribution is 2.27. The van der Waals surface area contributed by atoms with Gasteiger partial charge in [-0.05, 0) is 29.3 Å². The molecule has 0 aliphatic rings. The summed E-state index contributed by atoms with van der Waals surface area (Å²) in [6.07, 6.45) is 0.617. The molecular formula is C14H9FO3. The van der Waals surface area contributed by atoms with Crippen LogP contribution in [0.2, 0.25) is 0 Å². The minimum absolute atomic E-state index is 0.0364. The standard InChI is InChI=1S/C14H9FO3/c15-10-5-6-12(14(17)18)13(7-10)11-4-2-1-3-9(11)8-16/h1-8H,(H,17,18). The van der Waals surface area contributed by atoms with E-state index in [9.17, 15) is 14.0 Å². The summed E-state index contributed by atoms with van der Waals surface area (Å²) in [6, 6.07) is 9.85. The van der Waals surface area contributed by atoms with Crippen molar-refractivity contribution in [2.24, 2.45) is 0 Å². The van der Waals surface area contributed by atoms with Crippen LogP contribution < -0.4 is 0 Å². The normalized spacial score (nSPS) is 10.1. The minimum atomic E-state index is -1.16. The van der Waals surface area contributed by atoms with Crippen LogP contribution in [0.3, 0.4) is 0 Å². The first kappa shape index (κ1) is 12.0. The molecule has 0 aliphatic carbocycles. The molecule has 0 aromatic heterocycles. The fourth-order valence-corrected chi connectivity index (χ4v) is 1.77. The van der Waals surface area contributed by atoms with Crippen LogP contribution in [0, 0.1) is 5.82 Å². The van der Waals surface area contributed by atoms with Gasteiger partial charge in [-0.1, -0.05) is 24.3 Å². The second kappa shape index (κ2) is 4.79. The van der Waals surface area contributed by atoms with Gasteiger partial charge in [0, 0.05) is 5.56 Å². The van der Waals surface area contributed by atoms with Crippen molar-refractivity contribution in [1.29, 1.82) is 0 Å². The van der Waals surface area contributed by atoms with Gasteiger partial charge in [0.05, 0.1) is 5.56 Å². The second-order valence-electron chi connectivity index (χ2n) is 3.70. The van der Waals surface area contributed by atoms with Gasteiger partial charge in [-0.3, -0.25) is 4.79 Å². The first-order valence-corrected chi connectivity index (χ1v) is 5.21. The topological polar surface area (TPSA) is 54.4 Å². The molecule has 2 aromatic carbocycles. The Morgan fingerprint density at radius 2 is 1.83 bits per heavy atom. The number of carboxylic acids is 1. The Kier molecular flexibility index (Phi) is 3.19. The molecule has 90 valence electrons. The summed E-state index contributed by atoms with van der Waals surface area (Å²) in [5.74, 6) is -1.71. The third kappa shape index (κ3) is 2.13. The van der Waals surface area contributed by atoms with E-state index in [0.29, 0.717) is 17.4 Å². The van der Waals surface area contributed by atoms with E-state index >= 15 is 0 Å². The van der Waals surface area contributed by atoms with Gasteiger partial charge in [0.25, 0.3) is 0 Å². The van der Waals surface area contributed by atoms with Crippen LogP contribution in [0.15, 0.2) is 42.5 Å². The van der Waals surface area contributed by atoms with Crippen LogP contribution in [-0.4, -0.2) is 17.4 Å². The van der Waals surface area contributed by atoms with E-state index < -0.39 is 11.8 Å². The monoisotopic (exact) mass is 244 g/mol. The minimum Gasteiger partial charge on any atom is -0.478 e. The quantitative estimate of drug-likeness (QED) is 0.844. The molecule has 2 aromatic rings. The zero-order chi connectivity index (χ0) is 13.1. The molecule has 0 saturated carbocycles. The number of aldehydes is 1. The van der Waals surface area contributed by atoms with E-state index in [1.807, 2.05) is 0 Å². The van der Waals surface area contributed by atoms with E-state index in [-0.39, 0.29) is 11.1 Å². The number of benzene rings is 2. The van der Waals surface area contributed by atoms with E-state index in [1.165, 1.54) is 6.07 Å². The molecule has 3 nitrogen and oxygen atoms in total. The molecule has 0 saturated heterocycles. The zero-order valence-electron chi connectivity index (χ0n) is 9.26. The van der Waals surface area contributed by atoms with Gasteiger partial charge in [-0.2, -0.15) is 0 Å². The van der Waals surface area contributed by atoms with Gasteiger partial charge in [-0.25, -0.2) is 9.18 Å². The lowest BCUT2D eigenvalue weighted by Crippen LogP contribution is -2.01. The molecule has 2 rings (SSSR count). The number of rotatable bonds is 3. The molecule has 0 spiro atoms. The highest BCUT2D eigenvalue weighted by molar-refractivity contribution is 5.99. The predicted molar refractivity (Wildman–Crippen MR) is 64.2 cm³/mol. The first-order valence-electron chi connectivity index (χ1n) is 5.21. The third-order valence-electron chi connectivity index (χ3n) is 2.59. The van der Waals surface area contributed by atoms with E-state index in [4.69, 9.17) is 5.11 Å². The molecule has 0 atom stereocenters. The predicted octanol–water partition coefficient (Wildman–Crippen LogP) is 3.00. The molecule has 0 bridgehead atoms. The SMILES string of the molecule is O=Cc1ccccc1-c1cc(F)ccc1C(=O)O. The molecule has 0 fully saturated rings. The lowest BCUT2D eigenvalue weighted by atomic mass is 9.96. The van der Waals surface area contributed by atoms with Gasteiger partial charge in [0.2, 0.25) is 0 Å². The smallest absolute Gasteiger partial charge is 0.336 e. The van der Waals surface area contributed by atoms with Crippen molar-refractivity contribution in [1.82, 2.24) is 0 Å². The first-order chi connectivity index (χ1) is 8.63. The van der Waals surface area contributed by atoms with Gasteiger partial charge >= 0.3 is 5.97 Å². The fraction of sp³-hybridized carbons (Fsp3) is 0. The summed E-state index contributed by atoms with van der Waals surface area (Å²) in [6.45, 7) is 0. The molecule has 0 amide bonds. The summed E-state index contributed by atoms with van der Waals surface area (Å²) in [5.41, 5.74) is 0.894. The average Bonchev–Trinajstić information content (AvgIpc) is 2.38. The van der Waals surface area contributed by atoms with Crippen molar-refractivity contribution in [3.8, 4) is 11.1 Å². The molecule has 0 heterocycles. The van der Waals surface area contributed by atoms with Crippen molar-refractivity contribution in [2.75, 3.05) is 0 Å². The zero-order valence-corrected chi connectivity index (χ0v) is 9.26. The van der Waals surface area contributed by atoms with Crippen molar-refractivity contribution < 1.29 is 19.1 Å². The Hall–Kier alpha value is -2.49. The lowest BCUT2D eigenvalue weighted by molar-refractivity contribution is 0.0697. The second-order valence-corrected chi connectivity index (χ2v) is 3.70. The summed E-state index contributed by atoms with van der Waals surface area (Å²) in [4.78, 5) is 22.0. The Balaban J connectivity index is 2.73. The molecule has 0 radical (unpaired) electrons. The number of hydrogen-bond donors (Lipinski definition) is 1. The highest BCUT2D eigenvalue weighted by Gasteiger charge is 2.14. The van der Waals surface area contributed by atoms with Crippen molar-refractivity contribution in [2.45, 2.75) is 0 Å². The van der Waals surface area contributed by atoms with E-state index in [2.05, 4.69) is 0 Å². The third-order valence-corrected chi connectivity index (χ3v) is 2.59. The molecule has 1 N–H and O–H groups in total. The van der Waals surface area contributed by atoms with Gasteiger partial charge in [-0.15, -0.1) is 0 Å².